The Kier molecular flexibility index (Phi) is 3.55. The highest BCUT2D eigenvalue weighted by Gasteiger charge is 2.31. The van der Waals surface area contributed by atoms with E-state index in [0.717, 1.165) is 25.1 Å². The highest BCUT2D eigenvalue weighted by molar-refractivity contribution is 5.96. The van der Waals surface area contributed by atoms with Crippen LogP contribution in [0.2, 0.25) is 0 Å². The van der Waals surface area contributed by atoms with Crippen LogP contribution in [-0.2, 0) is 4.79 Å². The molecular weight excluding hydrogens is 230 g/mol. The van der Waals surface area contributed by atoms with Crippen molar-refractivity contribution in [2.24, 2.45) is 0 Å². The van der Waals surface area contributed by atoms with E-state index >= 15 is 0 Å². The molecular formula is C14H19NO3. The zero-order valence-electron chi connectivity index (χ0n) is 11.2. The van der Waals surface area contributed by atoms with Gasteiger partial charge in [-0.25, -0.2) is 0 Å². The first-order valence-corrected chi connectivity index (χ1v) is 6.36. The Labute approximate surface area is 107 Å². The van der Waals surface area contributed by atoms with Crippen molar-refractivity contribution in [1.82, 2.24) is 4.90 Å². The average Bonchev–Trinajstić information content (AvgIpc) is 2.83. The summed E-state index contributed by atoms with van der Waals surface area (Å²) in [4.78, 5) is 25.5. The third-order valence-corrected chi connectivity index (χ3v) is 3.43. The number of aryl methyl sites for hydroxylation is 2. The molecule has 1 aromatic heterocycles. The van der Waals surface area contributed by atoms with Gasteiger partial charge in [0.25, 0.3) is 5.91 Å². The lowest BCUT2D eigenvalue weighted by molar-refractivity contribution is -0.117. The minimum atomic E-state index is -0.00639. The lowest BCUT2D eigenvalue weighted by Gasteiger charge is -2.23. The van der Waals surface area contributed by atoms with E-state index in [1.54, 1.807) is 19.9 Å². The van der Waals surface area contributed by atoms with Gasteiger partial charge in [0.2, 0.25) is 0 Å². The Morgan fingerprint density at radius 3 is 2.72 bits per heavy atom. The van der Waals surface area contributed by atoms with Crippen LogP contribution in [0.3, 0.4) is 0 Å². The van der Waals surface area contributed by atoms with Gasteiger partial charge in [0, 0.05) is 19.0 Å². The Bertz CT molecular complexity index is 475. The molecule has 4 nitrogen and oxygen atoms in total. The minimum absolute atomic E-state index is 0.00639. The maximum Gasteiger partial charge on any atom is 0.257 e. The summed E-state index contributed by atoms with van der Waals surface area (Å²) in [5.41, 5.74) is 0.628. The molecule has 98 valence electrons. The SMILES string of the molecule is CC(=O)CC1CCCN1C(=O)c1cc(C)oc1C. The second-order valence-corrected chi connectivity index (χ2v) is 5.03. The molecule has 1 atom stereocenters. The van der Waals surface area contributed by atoms with Crippen LogP contribution in [0.15, 0.2) is 10.5 Å². The van der Waals surface area contributed by atoms with Crippen LogP contribution in [0.4, 0.5) is 0 Å². The second-order valence-electron chi connectivity index (χ2n) is 5.03. The normalized spacial score (nSPS) is 19.3. The summed E-state index contributed by atoms with van der Waals surface area (Å²) in [7, 11) is 0. The minimum Gasteiger partial charge on any atom is -0.466 e. The molecule has 1 amide bonds. The van der Waals surface area contributed by atoms with Gasteiger partial charge >= 0.3 is 0 Å². The zero-order chi connectivity index (χ0) is 13.3. The van der Waals surface area contributed by atoms with Crippen molar-refractivity contribution in [3.8, 4) is 0 Å². The standard InChI is InChI=1S/C14H19NO3/c1-9(16)7-12-5-4-6-15(12)14(17)13-8-10(2)18-11(13)3/h8,12H,4-7H2,1-3H3. The summed E-state index contributed by atoms with van der Waals surface area (Å²) in [6, 6.07) is 1.84. The number of Topliss-reactive ketones (excluding diaryl/α,β-unsaturated/α-hetero) is 1. The third kappa shape index (κ3) is 2.47. The number of ketones is 1. The average molecular weight is 249 g/mol. The van der Waals surface area contributed by atoms with Crippen molar-refractivity contribution >= 4 is 11.7 Å². The van der Waals surface area contributed by atoms with Crippen molar-refractivity contribution in [3.05, 3.63) is 23.2 Å². The van der Waals surface area contributed by atoms with E-state index in [9.17, 15) is 9.59 Å². The van der Waals surface area contributed by atoms with Crippen LogP contribution in [-0.4, -0.2) is 29.2 Å². The molecule has 1 aromatic rings. The maximum absolute atomic E-state index is 12.4. The van der Waals surface area contributed by atoms with Crippen molar-refractivity contribution < 1.29 is 14.0 Å². The Morgan fingerprint density at radius 1 is 1.44 bits per heavy atom. The van der Waals surface area contributed by atoms with E-state index in [2.05, 4.69) is 0 Å². The number of furan rings is 1. The summed E-state index contributed by atoms with van der Waals surface area (Å²) in [5, 5.41) is 0. The van der Waals surface area contributed by atoms with Crippen LogP contribution in [0.1, 0.15) is 48.1 Å². The Morgan fingerprint density at radius 2 is 2.17 bits per heavy atom. The molecule has 2 rings (SSSR count). The molecule has 1 fully saturated rings. The number of carbonyl (C=O) groups is 2. The molecule has 1 saturated heterocycles. The van der Waals surface area contributed by atoms with E-state index in [4.69, 9.17) is 4.42 Å². The zero-order valence-corrected chi connectivity index (χ0v) is 11.2. The number of hydrogen-bond donors (Lipinski definition) is 0. The van der Waals surface area contributed by atoms with Crippen molar-refractivity contribution in [2.75, 3.05) is 6.54 Å². The van der Waals surface area contributed by atoms with E-state index in [1.807, 2.05) is 11.8 Å². The third-order valence-electron chi connectivity index (χ3n) is 3.43. The first kappa shape index (κ1) is 12.9. The van der Waals surface area contributed by atoms with Gasteiger partial charge < -0.3 is 9.32 Å². The lowest BCUT2D eigenvalue weighted by Crippen LogP contribution is -2.36. The second kappa shape index (κ2) is 4.96. The molecule has 1 aliphatic heterocycles. The van der Waals surface area contributed by atoms with Gasteiger partial charge in [-0.15, -0.1) is 0 Å². The molecule has 0 bridgehead atoms. The maximum atomic E-state index is 12.4. The van der Waals surface area contributed by atoms with Gasteiger partial charge in [-0.05, 0) is 39.7 Å². The van der Waals surface area contributed by atoms with Gasteiger partial charge in [0.15, 0.2) is 0 Å². The molecule has 0 spiro atoms. The van der Waals surface area contributed by atoms with Crippen LogP contribution in [0.25, 0.3) is 0 Å². The van der Waals surface area contributed by atoms with Crippen molar-refractivity contribution in [2.45, 2.75) is 46.1 Å². The van der Waals surface area contributed by atoms with Crippen molar-refractivity contribution in [3.63, 3.8) is 0 Å². The van der Waals surface area contributed by atoms with Crippen LogP contribution in [0, 0.1) is 13.8 Å². The topological polar surface area (TPSA) is 50.5 Å². The molecule has 18 heavy (non-hydrogen) atoms. The molecule has 0 saturated carbocycles. The molecule has 0 radical (unpaired) electrons. The summed E-state index contributed by atoms with van der Waals surface area (Å²) in [6.07, 6.45) is 2.35. The van der Waals surface area contributed by atoms with Crippen LogP contribution >= 0.6 is 0 Å². The molecule has 0 aromatic carbocycles. The highest BCUT2D eigenvalue weighted by Crippen LogP contribution is 2.25. The van der Waals surface area contributed by atoms with E-state index in [1.165, 1.54) is 0 Å². The van der Waals surface area contributed by atoms with Gasteiger partial charge in [0.1, 0.15) is 17.3 Å². The van der Waals surface area contributed by atoms with Crippen LogP contribution in [0.5, 0.6) is 0 Å². The van der Waals surface area contributed by atoms with Crippen molar-refractivity contribution in [1.29, 1.82) is 0 Å². The van der Waals surface area contributed by atoms with Gasteiger partial charge in [-0.2, -0.15) is 0 Å². The molecule has 1 unspecified atom stereocenters. The first-order chi connectivity index (χ1) is 8.49. The monoisotopic (exact) mass is 249 g/mol. The fourth-order valence-electron chi connectivity index (χ4n) is 2.64. The predicted molar refractivity (Wildman–Crippen MR) is 67.5 cm³/mol. The molecule has 0 aliphatic carbocycles. The predicted octanol–water partition coefficient (Wildman–Crippen LogP) is 2.48. The quantitative estimate of drug-likeness (QED) is 0.827. The number of carbonyl (C=O) groups excluding carboxylic acids is 2. The van der Waals surface area contributed by atoms with Crippen LogP contribution < -0.4 is 0 Å². The lowest BCUT2D eigenvalue weighted by atomic mass is 10.1. The largest absolute Gasteiger partial charge is 0.466 e. The molecule has 4 heteroatoms. The summed E-state index contributed by atoms with van der Waals surface area (Å²) in [6.45, 7) is 5.95. The van der Waals surface area contributed by atoms with Gasteiger partial charge in [-0.3, -0.25) is 9.59 Å². The first-order valence-electron chi connectivity index (χ1n) is 6.36. The number of amides is 1. The smallest absolute Gasteiger partial charge is 0.257 e. The molecule has 0 N–H and O–H groups in total. The van der Waals surface area contributed by atoms with E-state index < -0.39 is 0 Å². The number of likely N-dealkylation sites (tertiary alicyclic amines) is 1. The summed E-state index contributed by atoms with van der Waals surface area (Å²) in [5.74, 6) is 1.54. The van der Waals surface area contributed by atoms with E-state index in [0.29, 0.717) is 17.7 Å². The molecule has 2 heterocycles. The number of nitrogens with zero attached hydrogens (tertiary/aromatic N) is 1. The fraction of sp³-hybridized carbons (Fsp3) is 0.571. The fourth-order valence-corrected chi connectivity index (χ4v) is 2.64. The summed E-state index contributed by atoms with van der Waals surface area (Å²) < 4.78 is 5.40. The number of hydrogen-bond acceptors (Lipinski definition) is 3. The number of rotatable bonds is 3. The highest BCUT2D eigenvalue weighted by atomic mass is 16.3. The van der Waals surface area contributed by atoms with E-state index in [-0.39, 0.29) is 17.7 Å². The Balaban J connectivity index is 2.17. The summed E-state index contributed by atoms with van der Waals surface area (Å²) >= 11 is 0. The van der Waals surface area contributed by atoms with Gasteiger partial charge in [-0.1, -0.05) is 0 Å². The Hall–Kier alpha value is -1.58. The van der Waals surface area contributed by atoms with Gasteiger partial charge in [0.05, 0.1) is 5.56 Å². The molecule has 1 aliphatic rings.